The van der Waals surface area contributed by atoms with Crippen LogP contribution >= 0.6 is 0 Å². The number of benzene rings is 2. The zero-order valence-corrected chi connectivity index (χ0v) is 19.4. The minimum Gasteiger partial charge on any atom is -0.348 e. The number of sulfonamides is 1. The Morgan fingerprint density at radius 2 is 1.69 bits per heavy atom. The molecule has 7 nitrogen and oxygen atoms in total. The Bertz CT molecular complexity index is 1200. The number of carbonyl (C=O) groups excluding carboxylic acids is 1. The Hall–Kier alpha value is -2.71. The second kappa shape index (κ2) is 9.03. The van der Waals surface area contributed by atoms with Gasteiger partial charge >= 0.3 is 0 Å². The zero-order valence-electron chi connectivity index (χ0n) is 18.6. The van der Waals surface area contributed by atoms with Crippen LogP contribution in [0.5, 0.6) is 0 Å². The maximum absolute atomic E-state index is 13.6. The van der Waals surface area contributed by atoms with E-state index in [1.54, 1.807) is 6.92 Å². The molecule has 0 radical (unpaired) electrons. The van der Waals surface area contributed by atoms with E-state index in [-0.39, 0.29) is 11.7 Å². The largest absolute Gasteiger partial charge is 0.348 e. The summed E-state index contributed by atoms with van der Waals surface area (Å²) in [5.41, 5.74) is 2.13. The average Bonchev–Trinajstić information content (AvgIpc) is 3.20. The van der Waals surface area contributed by atoms with Gasteiger partial charge in [0.2, 0.25) is 15.9 Å². The van der Waals surface area contributed by atoms with Gasteiger partial charge in [-0.3, -0.25) is 4.79 Å². The number of fused-ring (bicyclic) bond motifs is 1. The molecule has 0 aliphatic carbocycles. The predicted octanol–water partition coefficient (Wildman–Crippen LogP) is 3.06. The number of nitrogens with zero attached hydrogens (tertiary/aromatic N) is 3. The topological polar surface area (TPSA) is 84.3 Å². The van der Waals surface area contributed by atoms with Crippen LogP contribution in [0.1, 0.15) is 38.1 Å². The van der Waals surface area contributed by atoms with Crippen LogP contribution < -0.4 is 5.32 Å². The first kappa shape index (κ1) is 22.5. The van der Waals surface area contributed by atoms with Crippen LogP contribution in [0.25, 0.3) is 11.0 Å². The zero-order chi connectivity index (χ0) is 22.8. The highest BCUT2D eigenvalue weighted by Crippen LogP contribution is 2.37. The van der Waals surface area contributed by atoms with Crippen molar-refractivity contribution in [1.29, 1.82) is 0 Å². The maximum Gasteiger partial charge on any atom is 0.231 e. The molecule has 1 aromatic heterocycles. The number of amides is 1. The van der Waals surface area contributed by atoms with E-state index in [2.05, 4.69) is 16.8 Å². The van der Waals surface area contributed by atoms with Crippen molar-refractivity contribution in [2.75, 3.05) is 18.8 Å². The molecule has 2 aromatic carbocycles. The summed E-state index contributed by atoms with van der Waals surface area (Å²) in [6.45, 7) is 5.49. The molecule has 1 aliphatic rings. The monoisotopic (exact) mass is 454 g/mol. The number of carbonyl (C=O) groups is 1. The van der Waals surface area contributed by atoms with Gasteiger partial charge in [-0.15, -0.1) is 0 Å². The van der Waals surface area contributed by atoms with Crippen molar-refractivity contribution >= 4 is 27.0 Å². The quantitative estimate of drug-likeness (QED) is 0.595. The predicted molar refractivity (Wildman–Crippen MR) is 126 cm³/mol. The standard InChI is InChI=1S/C24H30N4O3S/c1-3-28-21-13-9-8-12-20(21)26-22(28)18-25-23(29)24(19-10-6-5-7-11-19)14-16-27(17-15-24)32(30,31)4-2/h5-13H,3-4,14-18H2,1-2H3,(H,25,29). The summed E-state index contributed by atoms with van der Waals surface area (Å²) in [6.07, 6.45) is 0.901. The van der Waals surface area contributed by atoms with E-state index in [9.17, 15) is 13.2 Å². The van der Waals surface area contributed by atoms with Crippen molar-refractivity contribution < 1.29 is 13.2 Å². The molecular formula is C24H30N4O3S. The van der Waals surface area contributed by atoms with Gasteiger partial charge in [0.05, 0.1) is 28.7 Å². The number of hydrogen-bond acceptors (Lipinski definition) is 4. The number of rotatable bonds is 7. The molecule has 170 valence electrons. The summed E-state index contributed by atoms with van der Waals surface area (Å²) in [5, 5.41) is 3.12. The summed E-state index contributed by atoms with van der Waals surface area (Å²) in [7, 11) is -3.27. The lowest BCUT2D eigenvalue weighted by molar-refractivity contribution is -0.128. The van der Waals surface area contributed by atoms with Gasteiger partial charge in [0.25, 0.3) is 0 Å². The number of nitrogens with one attached hydrogen (secondary N) is 1. The summed E-state index contributed by atoms with van der Waals surface area (Å²) in [6, 6.07) is 17.7. The van der Waals surface area contributed by atoms with Crippen LogP contribution in [0.4, 0.5) is 0 Å². The van der Waals surface area contributed by atoms with Crippen LogP contribution in [0, 0.1) is 0 Å². The third kappa shape index (κ3) is 4.04. The minimum atomic E-state index is -3.27. The molecule has 1 fully saturated rings. The van der Waals surface area contributed by atoms with E-state index >= 15 is 0 Å². The molecule has 0 spiro atoms. The summed E-state index contributed by atoms with van der Waals surface area (Å²) < 4.78 is 28.3. The van der Waals surface area contributed by atoms with Gasteiger partial charge in [0, 0.05) is 19.6 Å². The highest BCUT2D eigenvalue weighted by atomic mass is 32.2. The molecule has 0 unspecified atom stereocenters. The number of para-hydroxylation sites is 2. The van der Waals surface area contributed by atoms with Crippen LogP contribution in [0.3, 0.4) is 0 Å². The van der Waals surface area contributed by atoms with Crippen molar-refractivity contribution in [3.05, 3.63) is 66.0 Å². The highest BCUT2D eigenvalue weighted by molar-refractivity contribution is 7.89. The molecule has 1 saturated heterocycles. The van der Waals surface area contributed by atoms with Gasteiger partial charge in [-0.2, -0.15) is 0 Å². The van der Waals surface area contributed by atoms with Crippen LogP contribution in [-0.2, 0) is 33.3 Å². The lowest BCUT2D eigenvalue weighted by atomic mass is 9.72. The molecule has 8 heteroatoms. The fourth-order valence-corrected chi connectivity index (χ4v) is 5.78. The summed E-state index contributed by atoms with van der Waals surface area (Å²) >= 11 is 0. The fraction of sp³-hybridized carbons (Fsp3) is 0.417. The molecule has 4 rings (SSSR count). The molecule has 0 atom stereocenters. The first-order chi connectivity index (χ1) is 15.4. The number of imidazole rings is 1. The molecule has 1 aliphatic heterocycles. The third-order valence-electron chi connectivity index (χ3n) is 6.55. The van der Waals surface area contributed by atoms with Crippen LogP contribution in [-0.4, -0.2) is 47.0 Å². The lowest BCUT2D eigenvalue weighted by Gasteiger charge is -2.40. The van der Waals surface area contributed by atoms with Crippen LogP contribution in [0.15, 0.2) is 54.6 Å². The van der Waals surface area contributed by atoms with E-state index < -0.39 is 15.4 Å². The SMILES string of the molecule is CCn1c(CNC(=O)C2(c3ccccc3)CCN(S(=O)(=O)CC)CC2)nc2ccccc21. The van der Waals surface area contributed by atoms with E-state index in [1.165, 1.54) is 4.31 Å². The van der Waals surface area contributed by atoms with Crippen LogP contribution in [0.2, 0.25) is 0 Å². The maximum atomic E-state index is 13.6. The second-order valence-corrected chi connectivity index (χ2v) is 10.4. The molecule has 32 heavy (non-hydrogen) atoms. The van der Waals surface area contributed by atoms with E-state index in [0.717, 1.165) is 29.0 Å². The van der Waals surface area contributed by atoms with E-state index in [0.29, 0.717) is 32.5 Å². The van der Waals surface area contributed by atoms with Gasteiger partial charge in [0.15, 0.2) is 0 Å². The summed E-state index contributed by atoms with van der Waals surface area (Å²) in [4.78, 5) is 18.3. The Labute approximate surface area is 189 Å². The van der Waals surface area contributed by atoms with Crippen molar-refractivity contribution in [2.45, 2.75) is 45.2 Å². The van der Waals surface area contributed by atoms with E-state index in [1.807, 2.05) is 54.6 Å². The number of aryl methyl sites for hydroxylation is 1. The molecule has 0 bridgehead atoms. The number of aromatic nitrogens is 2. The smallest absolute Gasteiger partial charge is 0.231 e. The lowest BCUT2D eigenvalue weighted by Crippen LogP contribution is -2.53. The molecule has 3 aromatic rings. The number of hydrogen-bond donors (Lipinski definition) is 1. The molecule has 1 N–H and O–H groups in total. The molecule has 2 heterocycles. The molecule has 1 amide bonds. The van der Waals surface area contributed by atoms with Gasteiger partial charge in [-0.25, -0.2) is 17.7 Å². The Kier molecular flexibility index (Phi) is 6.35. The van der Waals surface area contributed by atoms with Crippen molar-refractivity contribution in [3.63, 3.8) is 0 Å². The Morgan fingerprint density at radius 1 is 1.03 bits per heavy atom. The first-order valence-electron chi connectivity index (χ1n) is 11.2. The number of piperidine rings is 1. The molecular weight excluding hydrogens is 424 g/mol. The van der Waals surface area contributed by atoms with Gasteiger partial charge < -0.3 is 9.88 Å². The van der Waals surface area contributed by atoms with Gasteiger partial charge in [0.1, 0.15) is 5.82 Å². The Balaban J connectivity index is 1.59. The van der Waals surface area contributed by atoms with Gasteiger partial charge in [-0.1, -0.05) is 42.5 Å². The average molecular weight is 455 g/mol. The normalized spacial score (nSPS) is 16.8. The van der Waals surface area contributed by atoms with Gasteiger partial charge in [-0.05, 0) is 44.4 Å². The minimum absolute atomic E-state index is 0.0742. The van der Waals surface area contributed by atoms with Crippen molar-refractivity contribution in [2.24, 2.45) is 0 Å². The fourth-order valence-electron chi connectivity index (χ4n) is 4.67. The second-order valence-electron chi connectivity index (χ2n) is 8.19. The highest BCUT2D eigenvalue weighted by Gasteiger charge is 2.44. The summed E-state index contributed by atoms with van der Waals surface area (Å²) in [5.74, 6) is 0.813. The third-order valence-corrected chi connectivity index (χ3v) is 8.43. The Morgan fingerprint density at radius 3 is 2.34 bits per heavy atom. The molecule has 0 saturated carbocycles. The van der Waals surface area contributed by atoms with E-state index in [4.69, 9.17) is 4.98 Å². The van der Waals surface area contributed by atoms with Crippen molar-refractivity contribution in [1.82, 2.24) is 19.2 Å². The van der Waals surface area contributed by atoms with Crippen molar-refractivity contribution in [3.8, 4) is 0 Å². The first-order valence-corrected chi connectivity index (χ1v) is 12.8.